The number of hydrogen-bond donors (Lipinski definition) is 2. The first-order valence-electron chi connectivity index (χ1n) is 6.39. The molecule has 0 unspecified atom stereocenters. The molecule has 0 heterocycles. The first-order valence-corrected chi connectivity index (χ1v) is 7.93. The molecule has 23 heavy (non-hydrogen) atoms. The molecule has 2 aromatic carbocycles. The monoisotopic (exact) mass is 390 g/mol. The molecular formula is C15H13Cl3N2O2S. The molecule has 0 atom stereocenters. The Hall–Kier alpha value is -1.40. The molecule has 2 aromatic rings. The van der Waals surface area contributed by atoms with Crippen molar-refractivity contribution in [3.63, 3.8) is 0 Å². The van der Waals surface area contributed by atoms with E-state index in [0.29, 0.717) is 43.1 Å². The molecule has 0 aromatic heterocycles. The van der Waals surface area contributed by atoms with Crippen LogP contribution in [-0.4, -0.2) is 19.3 Å². The third-order valence-electron chi connectivity index (χ3n) is 2.90. The van der Waals surface area contributed by atoms with Crippen molar-refractivity contribution in [1.82, 2.24) is 0 Å². The Morgan fingerprint density at radius 3 is 2.13 bits per heavy atom. The summed E-state index contributed by atoms with van der Waals surface area (Å²) in [6.45, 7) is 0. The van der Waals surface area contributed by atoms with Gasteiger partial charge >= 0.3 is 0 Å². The molecule has 2 N–H and O–H groups in total. The van der Waals surface area contributed by atoms with Crippen LogP contribution in [0, 0.1) is 0 Å². The first kappa shape index (κ1) is 17.9. The molecule has 0 aliphatic rings. The van der Waals surface area contributed by atoms with Crippen LogP contribution in [0.15, 0.2) is 30.3 Å². The number of nitrogens with one attached hydrogen (secondary N) is 2. The maximum atomic E-state index is 6.12. The zero-order chi connectivity index (χ0) is 17.0. The molecule has 0 bridgehead atoms. The minimum absolute atomic E-state index is 0.328. The van der Waals surface area contributed by atoms with E-state index in [9.17, 15) is 0 Å². The highest BCUT2D eigenvalue weighted by Gasteiger charge is 2.12. The fraction of sp³-hybridized carbons (Fsp3) is 0.133. The van der Waals surface area contributed by atoms with Gasteiger partial charge in [0.15, 0.2) is 5.11 Å². The average Bonchev–Trinajstić information content (AvgIpc) is 2.50. The van der Waals surface area contributed by atoms with Gasteiger partial charge in [-0.05, 0) is 36.5 Å². The summed E-state index contributed by atoms with van der Waals surface area (Å²) in [6, 6.07) is 8.40. The highest BCUT2D eigenvalue weighted by molar-refractivity contribution is 7.80. The number of methoxy groups -OCH3 is 2. The lowest BCUT2D eigenvalue weighted by Gasteiger charge is -2.16. The van der Waals surface area contributed by atoms with Gasteiger partial charge in [-0.1, -0.05) is 34.8 Å². The fourth-order valence-corrected chi connectivity index (χ4v) is 2.74. The van der Waals surface area contributed by atoms with E-state index >= 15 is 0 Å². The third-order valence-corrected chi connectivity index (χ3v) is 3.95. The van der Waals surface area contributed by atoms with Crippen molar-refractivity contribution < 1.29 is 9.47 Å². The van der Waals surface area contributed by atoms with Gasteiger partial charge < -0.3 is 20.1 Å². The maximum Gasteiger partial charge on any atom is 0.175 e. The Labute approximate surface area is 154 Å². The van der Waals surface area contributed by atoms with Crippen LogP contribution in [0.4, 0.5) is 11.4 Å². The van der Waals surface area contributed by atoms with E-state index < -0.39 is 0 Å². The predicted octanol–water partition coefficient (Wildman–Crippen LogP) is 5.47. The van der Waals surface area contributed by atoms with Gasteiger partial charge in [0.2, 0.25) is 0 Å². The van der Waals surface area contributed by atoms with Crippen LogP contribution in [0.2, 0.25) is 15.1 Å². The Balaban J connectivity index is 2.18. The molecule has 0 radical (unpaired) electrons. The number of hydrogen-bond acceptors (Lipinski definition) is 3. The Morgan fingerprint density at radius 1 is 0.870 bits per heavy atom. The first-order chi connectivity index (χ1) is 10.9. The van der Waals surface area contributed by atoms with Crippen LogP contribution in [0.25, 0.3) is 0 Å². The average molecular weight is 392 g/mol. The van der Waals surface area contributed by atoms with Crippen molar-refractivity contribution in [3.05, 3.63) is 45.4 Å². The van der Waals surface area contributed by atoms with Gasteiger partial charge in [0.05, 0.1) is 35.6 Å². The van der Waals surface area contributed by atoms with E-state index in [1.807, 2.05) is 0 Å². The van der Waals surface area contributed by atoms with E-state index in [-0.39, 0.29) is 0 Å². The van der Waals surface area contributed by atoms with Gasteiger partial charge in [-0.25, -0.2) is 0 Å². The standard InChI is InChI=1S/C15H13Cl3N2O2S/c1-21-13-7-14(22-2)12(6-10(13)18)20-15(23)19-11-4-3-8(16)5-9(11)17/h3-7H,1-2H3,(H2,19,20,23). The highest BCUT2D eigenvalue weighted by Crippen LogP contribution is 2.36. The Kier molecular flexibility index (Phi) is 6.18. The van der Waals surface area contributed by atoms with Crippen molar-refractivity contribution in [2.45, 2.75) is 0 Å². The smallest absolute Gasteiger partial charge is 0.175 e. The molecule has 0 saturated heterocycles. The van der Waals surface area contributed by atoms with E-state index in [1.54, 1.807) is 37.4 Å². The van der Waals surface area contributed by atoms with Crippen molar-refractivity contribution in [3.8, 4) is 11.5 Å². The summed E-state index contributed by atoms with van der Waals surface area (Å²) in [5.74, 6) is 1.05. The largest absolute Gasteiger partial charge is 0.495 e. The summed E-state index contributed by atoms with van der Waals surface area (Å²) in [6.07, 6.45) is 0. The summed E-state index contributed by atoms with van der Waals surface area (Å²) in [5, 5.41) is 7.76. The number of rotatable bonds is 4. The molecule has 2 rings (SSSR count). The molecule has 0 amide bonds. The lowest BCUT2D eigenvalue weighted by molar-refractivity contribution is 0.396. The quantitative estimate of drug-likeness (QED) is 0.676. The Bertz CT molecular complexity index is 741. The van der Waals surface area contributed by atoms with E-state index in [4.69, 9.17) is 56.5 Å². The topological polar surface area (TPSA) is 42.5 Å². The lowest BCUT2D eigenvalue weighted by Crippen LogP contribution is -2.19. The molecular weight excluding hydrogens is 379 g/mol. The SMILES string of the molecule is COc1cc(OC)c(NC(=S)Nc2ccc(Cl)cc2Cl)cc1Cl. The second-order valence-corrected chi connectivity index (χ2v) is 6.05. The number of thiocarbonyl (C=S) groups is 1. The van der Waals surface area contributed by atoms with Crippen molar-refractivity contribution in [2.24, 2.45) is 0 Å². The van der Waals surface area contributed by atoms with E-state index in [2.05, 4.69) is 10.6 Å². The van der Waals surface area contributed by atoms with Crippen LogP contribution in [-0.2, 0) is 0 Å². The summed E-state index contributed by atoms with van der Waals surface area (Å²) >= 11 is 23.4. The number of ether oxygens (including phenoxy) is 2. The normalized spacial score (nSPS) is 10.1. The minimum Gasteiger partial charge on any atom is -0.495 e. The van der Waals surface area contributed by atoms with Crippen LogP contribution >= 0.6 is 47.0 Å². The zero-order valence-electron chi connectivity index (χ0n) is 12.2. The second kappa shape index (κ2) is 7.93. The number of benzene rings is 2. The molecule has 0 aliphatic heterocycles. The van der Waals surface area contributed by atoms with Crippen LogP contribution < -0.4 is 20.1 Å². The molecule has 0 saturated carbocycles. The predicted molar refractivity (Wildman–Crippen MR) is 101 cm³/mol. The van der Waals surface area contributed by atoms with Crippen LogP contribution in [0.1, 0.15) is 0 Å². The molecule has 0 fully saturated rings. The van der Waals surface area contributed by atoms with Gasteiger partial charge in [0.1, 0.15) is 11.5 Å². The fourth-order valence-electron chi connectivity index (χ4n) is 1.82. The molecule has 8 heteroatoms. The molecule has 0 aliphatic carbocycles. The van der Waals surface area contributed by atoms with Gasteiger partial charge in [0, 0.05) is 11.1 Å². The Morgan fingerprint density at radius 2 is 1.52 bits per heavy atom. The van der Waals surface area contributed by atoms with E-state index in [1.165, 1.54) is 7.11 Å². The minimum atomic E-state index is 0.328. The maximum absolute atomic E-state index is 6.12. The van der Waals surface area contributed by atoms with Gasteiger partial charge in [-0.3, -0.25) is 0 Å². The van der Waals surface area contributed by atoms with Crippen molar-refractivity contribution in [2.75, 3.05) is 24.9 Å². The summed E-state index contributed by atoms with van der Waals surface area (Å²) < 4.78 is 10.5. The van der Waals surface area contributed by atoms with Gasteiger partial charge in [-0.2, -0.15) is 0 Å². The lowest BCUT2D eigenvalue weighted by atomic mass is 10.2. The van der Waals surface area contributed by atoms with Gasteiger partial charge in [-0.15, -0.1) is 0 Å². The summed E-state index contributed by atoms with van der Waals surface area (Å²) in [5.41, 5.74) is 1.23. The van der Waals surface area contributed by atoms with E-state index in [0.717, 1.165) is 0 Å². The highest BCUT2D eigenvalue weighted by atomic mass is 35.5. The number of halogens is 3. The number of anilines is 2. The summed E-state index contributed by atoms with van der Waals surface area (Å²) in [7, 11) is 3.07. The van der Waals surface area contributed by atoms with Crippen molar-refractivity contribution >= 4 is 63.5 Å². The third kappa shape index (κ3) is 4.54. The molecule has 0 spiro atoms. The molecule has 122 valence electrons. The van der Waals surface area contributed by atoms with Crippen LogP contribution in [0.5, 0.6) is 11.5 Å². The zero-order valence-corrected chi connectivity index (χ0v) is 15.3. The molecule has 4 nitrogen and oxygen atoms in total. The van der Waals surface area contributed by atoms with Crippen LogP contribution in [0.3, 0.4) is 0 Å². The van der Waals surface area contributed by atoms with Gasteiger partial charge in [0.25, 0.3) is 0 Å². The van der Waals surface area contributed by atoms with Crippen molar-refractivity contribution in [1.29, 1.82) is 0 Å². The summed E-state index contributed by atoms with van der Waals surface area (Å²) in [4.78, 5) is 0. The second-order valence-electron chi connectivity index (χ2n) is 4.39.